The van der Waals surface area contributed by atoms with E-state index in [1.165, 1.54) is 18.5 Å². The molecule has 2 N–H and O–H groups in total. The molecule has 0 saturated carbocycles. The zero-order valence-corrected chi connectivity index (χ0v) is 13.5. The molecule has 24 heavy (non-hydrogen) atoms. The van der Waals surface area contributed by atoms with E-state index in [0.717, 1.165) is 25.1 Å². The molecule has 8 heteroatoms. The average molecular weight is 335 g/mol. The van der Waals surface area contributed by atoms with Crippen LogP contribution in [0.4, 0.5) is 20.3 Å². The minimum Gasteiger partial charge on any atom is -0.351 e. The summed E-state index contributed by atoms with van der Waals surface area (Å²) < 4.78 is 27.1. The van der Waals surface area contributed by atoms with E-state index in [4.69, 9.17) is 0 Å². The predicted molar refractivity (Wildman–Crippen MR) is 87.2 cm³/mol. The molecule has 2 rings (SSSR count). The molecule has 0 aliphatic heterocycles. The number of para-hydroxylation sites is 1. The highest BCUT2D eigenvalue weighted by molar-refractivity contribution is 5.92. The summed E-state index contributed by atoms with van der Waals surface area (Å²) in [5.74, 6) is -1.67. The molecule has 1 aromatic carbocycles. The zero-order chi connectivity index (χ0) is 17.5. The van der Waals surface area contributed by atoms with Crippen molar-refractivity contribution in [2.75, 3.05) is 32.5 Å². The molecule has 1 aromatic heterocycles. The Morgan fingerprint density at radius 3 is 2.46 bits per heavy atom. The molecule has 2 aromatic rings. The van der Waals surface area contributed by atoms with Crippen LogP contribution in [0, 0.1) is 11.6 Å². The van der Waals surface area contributed by atoms with Gasteiger partial charge in [-0.3, -0.25) is 4.79 Å². The summed E-state index contributed by atoms with van der Waals surface area (Å²) in [7, 11) is 3.91. The van der Waals surface area contributed by atoms with E-state index in [-0.39, 0.29) is 23.1 Å². The molecule has 0 aliphatic carbocycles. The molecular formula is C16H19F2N5O. The Morgan fingerprint density at radius 2 is 1.88 bits per heavy atom. The van der Waals surface area contributed by atoms with E-state index in [9.17, 15) is 13.6 Å². The number of carbonyl (C=O) groups excluding carboxylic acids is 1. The summed E-state index contributed by atoms with van der Waals surface area (Å²) in [6.45, 7) is 1.39. The third kappa shape index (κ3) is 4.95. The number of nitrogens with one attached hydrogen (secondary N) is 2. The fraction of sp³-hybridized carbons (Fsp3) is 0.312. The van der Waals surface area contributed by atoms with Crippen molar-refractivity contribution in [3.8, 4) is 0 Å². The molecular weight excluding hydrogens is 316 g/mol. The number of aromatic nitrogens is 2. The van der Waals surface area contributed by atoms with Gasteiger partial charge >= 0.3 is 0 Å². The van der Waals surface area contributed by atoms with Gasteiger partial charge in [0.25, 0.3) is 5.91 Å². The van der Waals surface area contributed by atoms with Crippen molar-refractivity contribution in [3.63, 3.8) is 0 Å². The second-order valence-electron chi connectivity index (χ2n) is 5.42. The maximum atomic E-state index is 13.6. The highest BCUT2D eigenvalue weighted by Crippen LogP contribution is 2.21. The quantitative estimate of drug-likeness (QED) is 0.759. The average Bonchev–Trinajstić information content (AvgIpc) is 2.55. The third-order valence-electron chi connectivity index (χ3n) is 3.17. The van der Waals surface area contributed by atoms with Gasteiger partial charge in [0.1, 0.15) is 28.8 Å². The zero-order valence-electron chi connectivity index (χ0n) is 13.5. The second kappa shape index (κ2) is 8.30. The fourth-order valence-corrected chi connectivity index (χ4v) is 1.94. The molecule has 1 amide bonds. The van der Waals surface area contributed by atoms with Gasteiger partial charge in [-0.15, -0.1) is 0 Å². The van der Waals surface area contributed by atoms with Crippen molar-refractivity contribution < 1.29 is 13.6 Å². The minimum atomic E-state index is -0.737. The number of anilines is 2. The molecule has 0 unspecified atom stereocenters. The van der Waals surface area contributed by atoms with E-state index >= 15 is 0 Å². The SMILES string of the molecule is CN(C)CCCNC(=O)c1cnc(Nc2c(F)cccc2F)cn1. The Labute approximate surface area is 138 Å². The number of halogens is 2. The van der Waals surface area contributed by atoms with Crippen molar-refractivity contribution in [3.05, 3.63) is 47.9 Å². The maximum Gasteiger partial charge on any atom is 0.271 e. The van der Waals surface area contributed by atoms with E-state index < -0.39 is 11.6 Å². The van der Waals surface area contributed by atoms with Crippen LogP contribution in [0.5, 0.6) is 0 Å². The van der Waals surface area contributed by atoms with E-state index in [2.05, 4.69) is 20.6 Å². The lowest BCUT2D eigenvalue weighted by atomic mass is 10.3. The molecule has 0 radical (unpaired) electrons. The molecule has 6 nitrogen and oxygen atoms in total. The third-order valence-corrected chi connectivity index (χ3v) is 3.17. The highest BCUT2D eigenvalue weighted by atomic mass is 19.1. The second-order valence-corrected chi connectivity index (χ2v) is 5.42. The smallest absolute Gasteiger partial charge is 0.271 e. The monoisotopic (exact) mass is 335 g/mol. The van der Waals surface area contributed by atoms with Gasteiger partial charge < -0.3 is 15.5 Å². The number of nitrogens with zero attached hydrogens (tertiary/aromatic N) is 3. The van der Waals surface area contributed by atoms with E-state index in [0.29, 0.717) is 6.54 Å². The van der Waals surface area contributed by atoms with Gasteiger partial charge in [0.2, 0.25) is 0 Å². The van der Waals surface area contributed by atoms with E-state index in [1.54, 1.807) is 0 Å². The van der Waals surface area contributed by atoms with Crippen LogP contribution < -0.4 is 10.6 Å². The normalized spacial score (nSPS) is 10.7. The Kier molecular flexibility index (Phi) is 6.14. The van der Waals surface area contributed by atoms with Crippen LogP contribution in [0.15, 0.2) is 30.6 Å². The standard InChI is InChI=1S/C16H19F2N5O/c1-23(2)8-4-7-19-16(24)13-9-21-14(10-20-13)22-15-11(17)5-3-6-12(15)18/h3,5-6,9-10H,4,7-8H2,1-2H3,(H,19,24)(H,21,22). The van der Waals surface area contributed by atoms with Crippen molar-refractivity contribution in [2.45, 2.75) is 6.42 Å². The Bertz CT molecular complexity index is 671. The molecule has 0 spiro atoms. The first kappa shape index (κ1) is 17.7. The lowest BCUT2D eigenvalue weighted by Crippen LogP contribution is -2.27. The van der Waals surface area contributed by atoms with Crippen LogP contribution in [-0.4, -0.2) is 48.0 Å². The summed E-state index contributed by atoms with van der Waals surface area (Å²) >= 11 is 0. The summed E-state index contributed by atoms with van der Waals surface area (Å²) in [4.78, 5) is 21.8. The largest absolute Gasteiger partial charge is 0.351 e. The fourth-order valence-electron chi connectivity index (χ4n) is 1.94. The molecule has 0 saturated heterocycles. The number of benzene rings is 1. The lowest BCUT2D eigenvalue weighted by molar-refractivity contribution is 0.0947. The van der Waals surface area contributed by atoms with Crippen LogP contribution in [0.25, 0.3) is 0 Å². The molecule has 128 valence electrons. The molecule has 0 aliphatic rings. The van der Waals surface area contributed by atoms with Crippen LogP contribution in [-0.2, 0) is 0 Å². The summed E-state index contributed by atoms with van der Waals surface area (Å²) in [5.41, 5.74) is -0.174. The summed E-state index contributed by atoms with van der Waals surface area (Å²) in [5, 5.41) is 5.24. The van der Waals surface area contributed by atoms with Gasteiger partial charge in [-0.2, -0.15) is 0 Å². The van der Waals surface area contributed by atoms with Gasteiger partial charge in [0, 0.05) is 6.54 Å². The van der Waals surface area contributed by atoms with Gasteiger partial charge in [-0.25, -0.2) is 18.7 Å². The van der Waals surface area contributed by atoms with Crippen molar-refractivity contribution in [2.24, 2.45) is 0 Å². The van der Waals surface area contributed by atoms with Crippen LogP contribution in [0.3, 0.4) is 0 Å². The number of hydrogen-bond donors (Lipinski definition) is 2. The topological polar surface area (TPSA) is 70.2 Å². The van der Waals surface area contributed by atoms with Crippen LogP contribution in [0.1, 0.15) is 16.9 Å². The van der Waals surface area contributed by atoms with Gasteiger partial charge in [-0.1, -0.05) is 6.07 Å². The minimum absolute atomic E-state index is 0.138. The number of rotatable bonds is 7. The highest BCUT2D eigenvalue weighted by Gasteiger charge is 2.11. The Morgan fingerprint density at radius 1 is 1.17 bits per heavy atom. The van der Waals surface area contributed by atoms with Gasteiger partial charge in [0.15, 0.2) is 0 Å². The van der Waals surface area contributed by atoms with Crippen molar-refractivity contribution >= 4 is 17.4 Å². The van der Waals surface area contributed by atoms with Crippen molar-refractivity contribution in [1.82, 2.24) is 20.2 Å². The Hall–Kier alpha value is -2.61. The van der Waals surface area contributed by atoms with Crippen LogP contribution in [0.2, 0.25) is 0 Å². The lowest BCUT2D eigenvalue weighted by Gasteiger charge is -2.10. The predicted octanol–water partition coefficient (Wildman–Crippen LogP) is 2.18. The van der Waals surface area contributed by atoms with Crippen molar-refractivity contribution in [1.29, 1.82) is 0 Å². The number of amides is 1. The summed E-state index contributed by atoms with van der Waals surface area (Å²) in [6, 6.07) is 3.54. The van der Waals surface area contributed by atoms with Gasteiger partial charge in [0.05, 0.1) is 12.4 Å². The number of carbonyl (C=O) groups is 1. The molecule has 0 atom stereocenters. The first-order valence-corrected chi connectivity index (χ1v) is 7.43. The first-order valence-electron chi connectivity index (χ1n) is 7.43. The number of hydrogen-bond acceptors (Lipinski definition) is 5. The van der Waals surface area contributed by atoms with Crippen LogP contribution >= 0.6 is 0 Å². The van der Waals surface area contributed by atoms with E-state index in [1.807, 2.05) is 19.0 Å². The molecule has 0 fully saturated rings. The Balaban J connectivity index is 1.94. The van der Waals surface area contributed by atoms with Gasteiger partial charge in [-0.05, 0) is 39.2 Å². The first-order chi connectivity index (χ1) is 11.5. The summed E-state index contributed by atoms with van der Waals surface area (Å²) in [6.07, 6.45) is 3.32. The molecule has 0 bridgehead atoms. The maximum absolute atomic E-state index is 13.6. The molecule has 1 heterocycles.